The summed E-state index contributed by atoms with van der Waals surface area (Å²) < 4.78 is 22.8. The van der Waals surface area contributed by atoms with Crippen molar-refractivity contribution in [3.63, 3.8) is 0 Å². The lowest BCUT2D eigenvalue weighted by atomic mass is 10.3. The van der Waals surface area contributed by atoms with Crippen molar-refractivity contribution in [2.75, 3.05) is 12.1 Å². The summed E-state index contributed by atoms with van der Waals surface area (Å²) in [5.41, 5.74) is 1.53. The molecule has 0 saturated carbocycles. The van der Waals surface area contributed by atoms with Gasteiger partial charge in [-0.1, -0.05) is 0 Å². The first kappa shape index (κ1) is 12.4. The largest absolute Gasteiger partial charge is 0.342 e. The number of rotatable bonds is 4. The van der Waals surface area contributed by atoms with Gasteiger partial charge in [-0.15, -0.1) is 11.6 Å². The first-order valence-electron chi connectivity index (χ1n) is 5.25. The van der Waals surface area contributed by atoms with Gasteiger partial charge in [-0.3, -0.25) is 0 Å². The van der Waals surface area contributed by atoms with Crippen LogP contribution in [0.5, 0.6) is 0 Å². The monoisotopic (exact) mass is 272 g/mol. The van der Waals surface area contributed by atoms with E-state index in [2.05, 4.69) is 9.97 Å². The van der Waals surface area contributed by atoms with Gasteiger partial charge < -0.3 is 4.98 Å². The number of benzene rings is 1. The second-order valence-electron chi connectivity index (χ2n) is 3.93. The molecule has 1 aromatic heterocycles. The van der Waals surface area contributed by atoms with E-state index in [0.717, 1.165) is 29.7 Å². The lowest BCUT2D eigenvalue weighted by Gasteiger charge is -1.96. The Hall–Kier alpha value is -1.07. The molecule has 6 heteroatoms. The summed E-state index contributed by atoms with van der Waals surface area (Å²) in [5, 5.41) is 0. The fraction of sp³-hybridized carbons (Fsp3) is 0.364. The van der Waals surface area contributed by atoms with Crippen LogP contribution in [0.15, 0.2) is 23.1 Å². The molecule has 0 bridgehead atoms. The third-order valence-electron chi connectivity index (χ3n) is 2.48. The van der Waals surface area contributed by atoms with E-state index >= 15 is 0 Å². The zero-order chi connectivity index (χ0) is 12.5. The Kier molecular flexibility index (Phi) is 3.40. The molecule has 0 atom stereocenters. The molecular formula is C11H13ClN2O2S. The highest BCUT2D eigenvalue weighted by Crippen LogP contribution is 2.17. The van der Waals surface area contributed by atoms with Crippen LogP contribution in [-0.4, -0.2) is 30.5 Å². The number of imidazole rings is 1. The maximum atomic E-state index is 11.4. The zero-order valence-corrected chi connectivity index (χ0v) is 11.0. The molecule has 1 N–H and O–H groups in total. The first-order chi connectivity index (χ1) is 8.00. The van der Waals surface area contributed by atoms with Crippen LogP contribution < -0.4 is 0 Å². The topological polar surface area (TPSA) is 62.8 Å². The van der Waals surface area contributed by atoms with Gasteiger partial charge in [-0.05, 0) is 24.6 Å². The maximum absolute atomic E-state index is 11.4. The Morgan fingerprint density at radius 3 is 2.82 bits per heavy atom. The molecule has 1 heterocycles. The van der Waals surface area contributed by atoms with Gasteiger partial charge >= 0.3 is 0 Å². The van der Waals surface area contributed by atoms with Crippen LogP contribution in [0.1, 0.15) is 12.2 Å². The molecule has 2 rings (SSSR count). The van der Waals surface area contributed by atoms with Gasteiger partial charge in [0.2, 0.25) is 0 Å². The number of fused-ring (bicyclic) bond motifs is 1. The van der Waals surface area contributed by atoms with Gasteiger partial charge in [-0.25, -0.2) is 13.4 Å². The highest BCUT2D eigenvalue weighted by atomic mass is 35.5. The van der Waals surface area contributed by atoms with E-state index in [-0.39, 0.29) is 0 Å². The summed E-state index contributed by atoms with van der Waals surface area (Å²) >= 11 is 5.61. The fourth-order valence-corrected chi connectivity index (χ4v) is 2.41. The van der Waals surface area contributed by atoms with E-state index in [1.165, 1.54) is 6.26 Å². The summed E-state index contributed by atoms with van der Waals surface area (Å²) in [7, 11) is -3.17. The number of hydrogen-bond donors (Lipinski definition) is 1. The Bertz CT molecular complexity index is 634. The summed E-state index contributed by atoms with van der Waals surface area (Å²) in [6.07, 6.45) is 2.81. The van der Waals surface area contributed by atoms with Crippen LogP contribution in [0.3, 0.4) is 0 Å². The minimum atomic E-state index is -3.17. The second-order valence-corrected chi connectivity index (χ2v) is 6.32. The molecule has 0 spiro atoms. The van der Waals surface area contributed by atoms with Crippen LogP contribution in [0.25, 0.3) is 11.0 Å². The molecule has 0 unspecified atom stereocenters. The number of H-pyrrole nitrogens is 1. The minimum Gasteiger partial charge on any atom is -0.342 e. The number of halogens is 1. The molecule has 1 aromatic carbocycles. The van der Waals surface area contributed by atoms with Gasteiger partial charge in [0.15, 0.2) is 9.84 Å². The molecule has 4 nitrogen and oxygen atoms in total. The van der Waals surface area contributed by atoms with Gasteiger partial charge in [-0.2, -0.15) is 0 Å². The van der Waals surface area contributed by atoms with Crippen LogP contribution >= 0.6 is 11.6 Å². The molecular weight excluding hydrogens is 260 g/mol. The molecule has 0 radical (unpaired) electrons. The number of aromatic amines is 1. The van der Waals surface area contributed by atoms with Crippen LogP contribution in [0.4, 0.5) is 0 Å². The van der Waals surface area contributed by atoms with Crippen molar-refractivity contribution in [1.82, 2.24) is 9.97 Å². The van der Waals surface area contributed by atoms with Crippen molar-refractivity contribution in [3.05, 3.63) is 24.0 Å². The molecule has 0 amide bonds. The lowest BCUT2D eigenvalue weighted by Crippen LogP contribution is -1.96. The van der Waals surface area contributed by atoms with E-state index in [9.17, 15) is 8.42 Å². The Balaban J connectivity index is 2.41. The fourth-order valence-electron chi connectivity index (χ4n) is 1.62. The molecule has 0 fully saturated rings. The van der Waals surface area contributed by atoms with E-state index in [1.807, 2.05) is 0 Å². The maximum Gasteiger partial charge on any atom is 0.175 e. The predicted molar refractivity (Wildman–Crippen MR) is 68.2 cm³/mol. The lowest BCUT2D eigenvalue weighted by molar-refractivity contribution is 0.602. The molecule has 0 aliphatic carbocycles. The van der Waals surface area contributed by atoms with E-state index in [0.29, 0.717) is 10.8 Å². The van der Waals surface area contributed by atoms with Crippen molar-refractivity contribution in [2.45, 2.75) is 17.7 Å². The highest BCUT2D eigenvalue weighted by molar-refractivity contribution is 7.90. The molecule has 0 aliphatic heterocycles. The van der Waals surface area contributed by atoms with Gasteiger partial charge in [0.1, 0.15) is 5.82 Å². The Morgan fingerprint density at radius 2 is 2.18 bits per heavy atom. The number of nitrogens with zero attached hydrogens (tertiary/aromatic N) is 1. The van der Waals surface area contributed by atoms with Crippen molar-refractivity contribution >= 4 is 32.5 Å². The molecule has 92 valence electrons. The third kappa shape index (κ3) is 2.79. The highest BCUT2D eigenvalue weighted by Gasteiger charge is 2.09. The molecule has 2 aromatic rings. The summed E-state index contributed by atoms with van der Waals surface area (Å²) in [4.78, 5) is 7.78. The summed E-state index contributed by atoms with van der Waals surface area (Å²) in [5.74, 6) is 1.43. The first-order valence-corrected chi connectivity index (χ1v) is 7.68. The van der Waals surface area contributed by atoms with Crippen molar-refractivity contribution in [1.29, 1.82) is 0 Å². The smallest absolute Gasteiger partial charge is 0.175 e. The van der Waals surface area contributed by atoms with Crippen LogP contribution in [0.2, 0.25) is 0 Å². The summed E-state index contributed by atoms with van der Waals surface area (Å²) in [6, 6.07) is 4.90. The number of hydrogen-bond acceptors (Lipinski definition) is 3. The van der Waals surface area contributed by atoms with Crippen molar-refractivity contribution in [3.8, 4) is 0 Å². The number of aromatic nitrogens is 2. The standard InChI is InChI=1S/C11H13ClN2O2S/c1-17(15,16)8-4-5-9-10(7-8)14-11(13-9)3-2-6-12/h4-5,7H,2-3,6H2,1H3,(H,13,14). The quantitative estimate of drug-likeness (QED) is 0.868. The van der Waals surface area contributed by atoms with E-state index in [1.54, 1.807) is 18.2 Å². The average molecular weight is 273 g/mol. The number of aryl methyl sites for hydroxylation is 1. The average Bonchev–Trinajstić information content (AvgIpc) is 2.66. The number of nitrogens with one attached hydrogen (secondary N) is 1. The van der Waals surface area contributed by atoms with E-state index in [4.69, 9.17) is 11.6 Å². The molecule has 0 aliphatic rings. The minimum absolute atomic E-state index is 0.303. The SMILES string of the molecule is CS(=O)(=O)c1ccc2nc(CCCCl)[nH]c2c1. The van der Waals surface area contributed by atoms with Crippen LogP contribution in [0, 0.1) is 0 Å². The second kappa shape index (κ2) is 4.66. The van der Waals surface area contributed by atoms with Crippen molar-refractivity contribution in [2.24, 2.45) is 0 Å². The number of alkyl halides is 1. The zero-order valence-electron chi connectivity index (χ0n) is 9.40. The van der Waals surface area contributed by atoms with Gasteiger partial charge in [0, 0.05) is 18.6 Å². The van der Waals surface area contributed by atoms with Crippen LogP contribution in [-0.2, 0) is 16.3 Å². The molecule has 17 heavy (non-hydrogen) atoms. The van der Waals surface area contributed by atoms with E-state index < -0.39 is 9.84 Å². The third-order valence-corrected chi connectivity index (χ3v) is 3.86. The number of sulfone groups is 1. The summed E-state index contributed by atoms with van der Waals surface area (Å²) in [6.45, 7) is 0. The van der Waals surface area contributed by atoms with Gasteiger partial charge in [0.25, 0.3) is 0 Å². The molecule has 0 saturated heterocycles. The normalized spacial score (nSPS) is 12.1. The van der Waals surface area contributed by atoms with Gasteiger partial charge in [0.05, 0.1) is 15.9 Å². The Morgan fingerprint density at radius 1 is 1.41 bits per heavy atom. The van der Waals surface area contributed by atoms with Crippen molar-refractivity contribution < 1.29 is 8.42 Å². The predicted octanol–water partition coefficient (Wildman–Crippen LogP) is 2.14. The Labute approximate surface area is 105 Å².